The van der Waals surface area contributed by atoms with Crippen LogP contribution >= 0.6 is 0 Å². The lowest BCUT2D eigenvalue weighted by molar-refractivity contribution is 0.665. The smallest absolute Gasteiger partial charge is 0.128 e. The van der Waals surface area contributed by atoms with Gasteiger partial charge in [0, 0.05) is 19.3 Å². The quantitative estimate of drug-likeness (QED) is 0.839. The molecule has 2 rings (SSSR count). The van der Waals surface area contributed by atoms with Crippen molar-refractivity contribution in [1.29, 1.82) is 0 Å². The average Bonchev–Trinajstić information content (AvgIpc) is 2.35. The van der Waals surface area contributed by atoms with E-state index in [9.17, 15) is 0 Å². The lowest BCUT2D eigenvalue weighted by Crippen LogP contribution is -2.22. The van der Waals surface area contributed by atoms with Crippen molar-refractivity contribution < 1.29 is 0 Å². The first-order valence-corrected chi connectivity index (χ1v) is 6.21. The van der Waals surface area contributed by atoms with Gasteiger partial charge in [0.1, 0.15) is 5.82 Å². The predicted octanol–water partition coefficient (Wildman–Crippen LogP) is 1.75. The minimum atomic E-state index is 0.745. The first-order chi connectivity index (χ1) is 7.81. The van der Waals surface area contributed by atoms with Crippen LogP contribution in [0.15, 0.2) is 12.1 Å². The van der Waals surface area contributed by atoms with Gasteiger partial charge in [-0.3, -0.25) is 0 Å². The van der Waals surface area contributed by atoms with Crippen molar-refractivity contribution >= 4 is 5.82 Å². The van der Waals surface area contributed by atoms with Crippen LogP contribution in [0.25, 0.3) is 0 Å². The van der Waals surface area contributed by atoms with Crippen molar-refractivity contribution in [3.05, 3.63) is 23.4 Å². The average molecular weight is 219 g/mol. The second-order valence-electron chi connectivity index (χ2n) is 4.55. The highest BCUT2D eigenvalue weighted by Crippen LogP contribution is 2.22. The first-order valence-electron chi connectivity index (χ1n) is 6.21. The molecule has 0 fully saturated rings. The number of hydrogen-bond acceptors (Lipinski definition) is 3. The van der Waals surface area contributed by atoms with Gasteiger partial charge in [-0.2, -0.15) is 0 Å². The number of anilines is 1. The monoisotopic (exact) mass is 219 g/mol. The van der Waals surface area contributed by atoms with E-state index in [0.29, 0.717) is 0 Å². The van der Waals surface area contributed by atoms with Crippen molar-refractivity contribution in [2.24, 2.45) is 5.73 Å². The van der Waals surface area contributed by atoms with E-state index >= 15 is 0 Å². The summed E-state index contributed by atoms with van der Waals surface area (Å²) in [6.07, 6.45) is 5.98. The number of nitrogens with zero attached hydrogens (tertiary/aromatic N) is 2. The summed E-state index contributed by atoms with van der Waals surface area (Å²) in [5.74, 6) is 1.09. The van der Waals surface area contributed by atoms with Crippen LogP contribution in [-0.2, 0) is 12.8 Å². The molecular formula is C13H21N3. The van der Waals surface area contributed by atoms with E-state index < -0.39 is 0 Å². The van der Waals surface area contributed by atoms with Gasteiger partial charge in [0.05, 0.1) is 0 Å². The molecule has 0 aliphatic heterocycles. The fourth-order valence-electron chi connectivity index (χ4n) is 2.23. The van der Waals surface area contributed by atoms with Gasteiger partial charge in [0.15, 0.2) is 0 Å². The molecule has 0 saturated carbocycles. The fraction of sp³-hybridized carbons (Fsp3) is 0.615. The molecule has 3 nitrogen and oxygen atoms in total. The Labute approximate surface area is 97.7 Å². The van der Waals surface area contributed by atoms with Crippen molar-refractivity contribution in [1.82, 2.24) is 4.98 Å². The first kappa shape index (κ1) is 11.4. The molecule has 0 bridgehead atoms. The molecule has 1 aromatic heterocycles. The molecule has 1 aromatic rings. The number of fused-ring (bicyclic) bond motifs is 1. The summed E-state index contributed by atoms with van der Waals surface area (Å²) in [6, 6.07) is 4.39. The molecule has 0 aromatic carbocycles. The normalized spacial score (nSPS) is 14.6. The summed E-state index contributed by atoms with van der Waals surface area (Å²) in [7, 11) is 2.09. The van der Waals surface area contributed by atoms with Crippen molar-refractivity contribution in [3.63, 3.8) is 0 Å². The zero-order valence-corrected chi connectivity index (χ0v) is 10.1. The fourth-order valence-corrected chi connectivity index (χ4v) is 2.23. The van der Waals surface area contributed by atoms with Crippen LogP contribution in [0, 0.1) is 0 Å². The lowest BCUT2D eigenvalue weighted by Gasteiger charge is -2.21. The largest absolute Gasteiger partial charge is 0.360 e. The van der Waals surface area contributed by atoms with Gasteiger partial charge in [-0.25, -0.2) is 4.98 Å². The summed E-state index contributed by atoms with van der Waals surface area (Å²) in [5, 5.41) is 0. The molecule has 0 atom stereocenters. The van der Waals surface area contributed by atoms with Crippen LogP contribution in [0.4, 0.5) is 5.82 Å². The van der Waals surface area contributed by atoms with Gasteiger partial charge in [0.2, 0.25) is 0 Å². The van der Waals surface area contributed by atoms with E-state index in [0.717, 1.165) is 31.7 Å². The van der Waals surface area contributed by atoms with Gasteiger partial charge in [0.25, 0.3) is 0 Å². The summed E-state index contributed by atoms with van der Waals surface area (Å²) in [4.78, 5) is 6.95. The summed E-state index contributed by atoms with van der Waals surface area (Å²) in [5.41, 5.74) is 8.27. The zero-order chi connectivity index (χ0) is 11.4. The zero-order valence-electron chi connectivity index (χ0n) is 10.1. The highest BCUT2D eigenvalue weighted by molar-refractivity contribution is 5.41. The molecular weight excluding hydrogens is 198 g/mol. The molecule has 3 heteroatoms. The van der Waals surface area contributed by atoms with Crippen LogP contribution in [0.1, 0.15) is 30.5 Å². The summed E-state index contributed by atoms with van der Waals surface area (Å²) in [6.45, 7) is 1.73. The maximum atomic E-state index is 5.52. The molecule has 0 saturated heterocycles. The molecule has 2 N–H and O–H groups in total. The second-order valence-corrected chi connectivity index (χ2v) is 4.55. The lowest BCUT2D eigenvalue weighted by atomic mass is 9.96. The third kappa shape index (κ3) is 2.53. The Morgan fingerprint density at radius 1 is 1.31 bits per heavy atom. The van der Waals surface area contributed by atoms with E-state index in [-0.39, 0.29) is 0 Å². The summed E-state index contributed by atoms with van der Waals surface area (Å²) >= 11 is 0. The Balaban J connectivity index is 2.10. The van der Waals surface area contributed by atoms with E-state index in [1.54, 1.807) is 0 Å². The summed E-state index contributed by atoms with van der Waals surface area (Å²) < 4.78 is 0. The molecule has 1 heterocycles. The number of hydrogen-bond donors (Lipinski definition) is 1. The van der Waals surface area contributed by atoms with Crippen LogP contribution in [0.2, 0.25) is 0 Å². The van der Waals surface area contributed by atoms with Crippen LogP contribution in [-0.4, -0.2) is 25.1 Å². The maximum Gasteiger partial charge on any atom is 0.128 e. The number of rotatable bonds is 4. The number of aromatic nitrogens is 1. The van der Waals surface area contributed by atoms with E-state index in [1.807, 2.05) is 0 Å². The minimum Gasteiger partial charge on any atom is -0.360 e. The Bertz CT molecular complexity index is 349. The Morgan fingerprint density at radius 2 is 2.12 bits per heavy atom. The molecule has 0 unspecified atom stereocenters. The number of nitrogens with two attached hydrogens (primary N) is 1. The second kappa shape index (κ2) is 5.30. The molecule has 0 amide bonds. The third-order valence-electron chi connectivity index (χ3n) is 3.25. The van der Waals surface area contributed by atoms with Gasteiger partial charge < -0.3 is 10.6 Å². The molecule has 1 aliphatic rings. The van der Waals surface area contributed by atoms with Gasteiger partial charge >= 0.3 is 0 Å². The topological polar surface area (TPSA) is 42.1 Å². The number of pyridine rings is 1. The molecule has 1 aliphatic carbocycles. The SMILES string of the molecule is CN(CCCN)c1ccc2c(n1)CCCC2. The number of aryl methyl sites for hydroxylation is 2. The standard InChI is InChI=1S/C13H21N3/c1-16(10-4-9-14)13-8-7-11-5-2-3-6-12(11)15-13/h7-8H,2-6,9-10,14H2,1H3. The highest BCUT2D eigenvalue weighted by Gasteiger charge is 2.12. The Morgan fingerprint density at radius 3 is 2.94 bits per heavy atom. The highest BCUT2D eigenvalue weighted by atomic mass is 15.2. The Kier molecular flexibility index (Phi) is 3.78. The van der Waals surface area contributed by atoms with Gasteiger partial charge in [-0.05, 0) is 50.3 Å². The van der Waals surface area contributed by atoms with Crippen LogP contribution in [0.5, 0.6) is 0 Å². The van der Waals surface area contributed by atoms with E-state index in [2.05, 4.69) is 24.1 Å². The predicted molar refractivity (Wildman–Crippen MR) is 67.8 cm³/mol. The molecule has 88 valence electrons. The minimum absolute atomic E-state index is 0.745. The molecule has 0 spiro atoms. The molecule has 16 heavy (non-hydrogen) atoms. The van der Waals surface area contributed by atoms with Crippen molar-refractivity contribution in [3.8, 4) is 0 Å². The van der Waals surface area contributed by atoms with Crippen LogP contribution < -0.4 is 10.6 Å². The van der Waals surface area contributed by atoms with Gasteiger partial charge in [-0.1, -0.05) is 6.07 Å². The Hall–Kier alpha value is -1.09. The van der Waals surface area contributed by atoms with Crippen molar-refractivity contribution in [2.45, 2.75) is 32.1 Å². The molecule has 0 radical (unpaired) electrons. The third-order valence-corrected chi connectivity index (χ3v) is 3.25. The van der Waals surface area contributed by atoms with Gasteiger partial charge in [-0.15, -0.1) is 0 Å². The van der Waals surface area contributed by atoms with Crippen molar-refractivity contribution in [2.75, 3.05) is 25.0 Å². The maximum absolute atomic E-state index is 5.52. The van der Waals surface area contributed by atoms with E-state index in [1.165, 1.54) is 30.5 Å². The van der Waals surface area contributed by atoms with Crippen LogP contribution in [0.3, 0.4) is 0 Å². The van der Waals surface area contributed by atoms with E-state index in [4.69, 9.17) is 10.7 Å².